The minimum Gasteiger partial charge on any atom is -0.445 e. The number of alkyl carbamates (subject to hydrolysis) is 1. The van der Waals surface area contributed by atoms with Crippen LogP contribution in [0.2, 0.25) is 0 Å². The second-order valence-electron chi connectivity index (χ2n) is 7.23. The molecule has 0 saturated heterocycles. The molecule has 0 spiro atoms. The standard InChI is InChI=1S/C26H24N4O3/c31-26(32-19-22-7-3-1-4-8-22)28-17-24-18-30(33-20-23-9-5-2-6-10-23)29-25(24)12-11-21-13-15-27-16-14-21/h1-16,18H,17,19-20H2,(H,28,31)/b12-11+. The van der Waals surface area contributed by atoms with Gasteiger partial charge in [-0.15, -0.1) is 9.94 Å². The summed E-state index contributed by atoms with van der Waals surface area (Å²) in [4.78, 5) is 23.4. The van der Waals surface area contributed by atoms with Crippen LogP contribution in [0.4, 0.5) is 4.79 Å². The van der Waals surface area contributed by atoms with Crippen LogP contribution in [0.5, 0.6) is 0 Å². The van der Waals surface area contributed by atoms with Gasteiger partial charge in [0.1, 0.15) is 13.2 Å². The Labute approximate surface area is 192 Å². The lowest BCUT2D eigenvalue weighted by molar-refractivity contribution is 0.0697. The normalized spacial score (nSPS) is 10.8. The zero-order valence-corrected chi connectivity index (χ0v) is 18.0. The van der Waals surface area contributed by atoms with Gasteiger partial charge in [-0.3, -0.25) is 4.98 Å². The van der Waals surface area contributed by atoms with Gasteiger partial charge in [0, 0.05) is 24.5 Å². The van der Waals surface area contributed by atoms with Gasteiger partial charge < -0.3 is 14.9 Å². The first kappa shape index (κ1) is 21.8. The smallest absolute Gasteiger partial charge is 0.407 e. The molecule has 2 aromatic carbocycles. The molecule has 0 radical (unpaired) electrons. The molecule has 33 heavy (non-hydrogen) atoms. The van der Waals surface area contributed by atoms with Gasteiger partial charge in [-0.1, -0.05) is 66.7 Å². The van der Waals surface area contributed by atoms with Gasteiger partial charge in [0.2, 0.25) is 0 Å². The van der Waals surface area contributed by atoms with Gasteiger partial charge in [-0.25, -0.2) is 4.79 Å². The molecule has 166 valence electrons. The summed E-state index contributed by atoms with van der Waals surface area (Å²) in [5.41, 5.74) is 4.43. The summed E-state index contributed by atoms with van der Waals surface area (Å²) in [5.74, 6) is 0. The lowest BCUT2D eigenvalue weighted by Crippen LogP contribution is -2.23. The lowest BCUT2D eigenvalue weighted by atomic mass is 10.2. The fraction of sp³-hybridized carbons (Fsp3) is 0.115. The van der Waals surface area contributed by atoms with Crippen molar-refractivity contribution in [1.29, 1.82) is 0 Å². The molecule has 2 aromatic heterocycles. The number of rotatable bonds is 9. The van der Waals surface area contributed by atoms with E-state index >= 15 is 0 Å². The van der Waals surface area contributed by atoms with Gasteiger partial charge in [-0.05, 0) is 34.9 Å². The summed E-state index contributed by atoms with van der Waals surface area (Å²) in [7, 11) is 0. The zero-order chi connectivity index (χ0) is 22.7. The predicted molar refractivity (Wildman–Crippen MR) is 126 cm³/mol. The summed E-state index contributed by atoms with van der Waals surface area (Å²) in [6.45, 7) is 0.835. The summed E-state index contributed by atoms with van der Waals surface area (Å²) < 4.78 is 5.30. The Kier molecular flexibility index (Phi) is 7.47. The van der Waals surface area contributed by atoms with Gasteiger partial charge in [0.15, 0.2) is 0 Å². The van der Waals surface area contributed by atoms with E-state index in [9.17, 15) is 4.79 Å². The van der Waals surface area contributed by atoms with Crippen LogP contribution in [-0.2, 0) is 24.5 Å². The quantitative estimate of drug-likeness (QED) is 0.415. The number of carbonyl (C=O) groups is 1. The summed E-state index contributed by atoms with van der Waals surface area (Å²) in [5, 5.41) is 7.29. The highest BCUT2D eigenvalue weighted by Gasteiger charge is 2.10. The third kappa shape index (κ3) is 6.80. The molecule has 0 atom stereocenters. The third-order valence-electron chi connectivity index (χ3n) is 4.78. The first-order chi connectivity index (χ1) is 16.3. The molecule has 0 aliphatic heterocycles. The van der Waals surface area contributed by atoms with Crippen LogP contribution in [0, 0.1) is 0 Å². The van der Waals surface area contributed by atoms with Crippen molar-refractivity contribution in [3.63, 3.8) is 0 Å². The molecule has 0 fully saturated rings. The highest BCUT2D eigenvalue weighted by atomic mass is 16.7. The van der Waals surface area contributed by atoms with Crippen LogP contribution in [-0.4, -0.2) is 21.0 Å². The Bertz CT molecular complexity index is 1180. The van der Waals surface area contributed by atoms with Crippen molar-refractivity contribution >= 4 is 18.2 Å². The van der Waals surface area contributed by atoms with Crippen LogP contribution in [0.1, 0.15) is 27.9 Å². The van der Waals surface area contributed by atoms with E-state index in [1.165, 1.54) is 4.85 Å². The maximum Gasteiger partial charge on any atom is 0.407 e. The maximum absolute atomic E-state index is 12.2. The van der Waals surface area contributed by atoms with Crippen molar-refractivity contribution in [2.24, 2.45) is 0 Å². The Morgan fingerprint density at radius 3 is 2.24 bits per heavy atom. The second kappa shape index (κ2) is 11.3. The topological polar surface area (TPSA) is 78.3 Å². The first-order valence-corrected chi connectivity index (χ1v) is 10.5. The van der Waals surface area contributed by atoms with E-state index in [-0.39, 0.29) is 13.2 Å². The first-order valence-electron chi connectivity index (χ1n) is 10.5. The highest BCUT2D eigenvalue weighted by molar-refractivity contribution is 5.70. The minimum absolute atomic E-state index is 0.209. The molecule has 4 aromatic rings. The number of hydrogen-bond acceptors (Lipinski definition) is 5. The summed E-state index contributed by atoms with van der Waals surface area (Å²) in [6, 6.07) is 23.2. The molecule has 2 heterocycles. The Morgan fingerprint density at radius 2 is 1.55 bits per heavy atom. The van der Waals surface area contributed by atoms with Gasteiger partial charge in [0.25, 0.3) is 0 Å². The monoisotopic (exact) mass is 440 g/mol. The molecule has 0 unspecified atom stereocenters. The number of pyridine rings is 1. The molecule has 0 aliphatic carbocycles. The number of nitrogens with zero attached hydrogens (tertiary/aromatic N) is 3. The largest absolute Gasteiger partial charge is 0.445 e. The summed E-state index contributed by atoms with van der Waals surface area (Å²) >= 11 is 0. The van der Waals surface area contributed by atoms with Crippen LogP contribution in [0.15, 0.2) is 91.4 Å². The van der Waals surface area contributed by atoms with E-state index in [1.54, 1.807) is 18.6 Å². The molecule has 1 N–H and O–H groups in total. The molecule has 4 rings (SSSR count). The Morgan fingerprint density at radius 1 is 0.879 bits per heavy atom. The fourth-order valence-corrected chi connectivity index (χ4v) is 3.05. The molecule has 1 amide bonds. The molecule has 0 aliphatic rings. The van der Waals surface area contributed by atoms with Crippen molar-refractivity contribution in [3.8, 4) is 0 Å². The van der Waals surface area contributed by atoms with E-state index in [1.807, 2.05) is 84.9 Å². The number of ether oxygens (including phenoxy) is 1. The van der Waals surface area contributed by atoms with E-state index in [0.717, 1.165) is 22.3 Å². The van der Waals surface area contributed by atoms with Crippen molar-refractivity contribution in [3.05, 3.63) is 119 Å². The number of aromatic nitrogens is 3. The molecule has 7 nitrogen and oxygen atoms in total. The number of benzene rings is 2. The van der Waals surface area contributed by atoms with E-state index in [4.69, 9.17) is 9.57 Å². The minimum atomic E-state index is -0.499. The van der Waals surface area contributed by atoms with Crippen molar-refractivity contribution in [1.82, 2.24) is 20.2 Å². The van der Waals surface area contributed by atoms with Crippen molar-refractivity contribution < 1.29 is 14.4 Å². The zero-order valence-electron chi connectivity index (χ0n) is 18.0. The van der Waals surface area contributed by atoms with Crippen LogP contribution in [0.3, 0.4) is 0 Å². The maximum atomic E-state index is 12.2. The van der Waals surface area contributed by atoms with E-state index in [0.29, 0.717) is 12.3 Å². The number of nitrogens with one attached hydrogen (secondary N) is 1. The van der Waals surface area contributed by atoms with Gasteiger partial charge >= 0.3 is 6.09 Å². The highest BCUT2D eigenvalue weighted by Crippen LogP contribution is 2.12. The summed E-state index contributed by atoms with van der Waals surface area (Å²) in [6.07, 6.45) is 8.53. The average molecular weight is 441 g/mol. The average Bonchev–Trinajstić information content (AvgIpc) is 3.27. The Hall–Kier alpha value is -4.39. The molecular formula is C26H24N4O3. The molecule has 0 bridgehead atoms. The van der Waals surface area contributed by atoms with Gasteiger partial charge in [-0.2, -0.15) is 0 Å². The third-order valence-corrected chi connectivity index (χ3v) is 4.78. The number of amides is 1. The molecule has 0 saturated carbocycles. The van der Waals surface area contributed by atoms with Crippen LogP contribution in [0.25, 0.3) is 12.2 Å². The lowest BCUT2D eigenvalue weighted by Gasteiger charge is -2.06. The predicted octanol–water partition coefficient (Wildman–Crippen LogP) is 4.50. The molecular weight excluding hydrogens is 416 g/mol. The Balaban J connectivity index is 1.41. The molecule has 7 heteroatoms. The SMILES string of the molecule is O=C(NCc1cn(OCc2ccccc2)nc1/C=C/c1ccncc1)OCc1ccccc1. The van der Waals surface area contributed by atoms with E-state index in [2.05, 4.69) is 15.4 Å². The van der Waals surface area contributed by atoms with Crippen LogP contribution >= 0.6 is 0 Å². The fourth-order valence-electron chi connectivity index (χ4n) is 3.05. The van der Waals surface area contributed by atoms with Crippen molar-refractivity contribution in [2.45, 2.75) is 19.8 Å². The second-order valence-corrected chi connectivity index (χ2v) is 7.23. The number of carbonyl (C=O) groups excluding carboxylic acids is 1. The van der Waals surface area contributed by atoms with Crippen molar-refractivity contribution in [2.75, 3.05) is 0 Å². The van der Waals surface area contributed by atoms with Crippen LogP contribution < -0.4 is 10.2 Å². The van der Waals surface area contributed by atoms with Gasteiger partial charge in [0.05, 0.1) is 11.9 Å². The number of hydrogen-bond donors (Lipinski definition) is 1. The van der Waals surface area contributed by atoms with E-state index < -0.39 is 6.09 Å².